The SMILES string of the molecule is CNC(=O)NNC(=O)CCOc1ccc(F)cc1Cl. The van der Waals surface area contributed by atoms with Gasteiger partial charge in [0.25, 0.3) is 0 Å². The van der Waals surface area contributed by atoms with Crippen LogP contribution in [0.4, 0.5) is 9.18 Å². The summed E-state index contributed by atoms with van der Waals surface area (Å²) in [6.07, 6.45) is 0.0116. The summed E-state index contributed by atoms with van der Waals surface area (Å²) in [5.41, 5.74) is 4.29. The molecule has 0 saturated carbocycles. The van der Waals surface area contributed by atoms with Gasteiger partial charge >= 0.3 is 6.03 Å². The van der Waals surface area contributed by atoms with Gasteiger partial charge in [0, 0.05) is 7.05 Å². The number of carbonyl (C=O) groups excluding carboxylic acids is 2. The van der Waals surface area contributed by atoms with Crippen LogP contribution in [0.3, 0.4) is 0 Å². The molecule has 0 saturated heterocycles. The van der Waals surface area contributed by atoms with Crippen LogP contribution in [0.1, 0.15) is 6.42 Å². The summed E-state index contributed by atoms with van der Waals surface area (Å²) in [4.78, 5) is 22.0. The monoisotopic (exact) mass is 289 g/mol. The Bertz CT molecular complexity index is 470. The number of amides is 3. The van der Waals surface area contributed by atoms with Crippen LogP contribution < -0.4 is 20.9 Å². The van der Waals surface area contributed by atoms with E-state index >= 15 is 0 Å². The highest BCUT2D eigenvalue weighted by atomic mass is 35.5. The summed E-state index contributed by atoms with van der Waals surface area (Å²) in [5, 5.41) is 2.39. The van der Waals surface area contributed by atoms with Crippen LogP contribution >= 0.6 is 11.6 Å². The van der Waals surface area contributed by atoms with E-state index in [0.29, 0.717) is 0 Å². The molecule has 0 aromatic heterocycles. The van der Waals surface area contributed by atoms with Crippen molar-refractivity contribution < 1.29 is 18.7 Å². The number of hydrogen-bond donors (Lipinski definition) is 3. The van der Waals surface area contributed by atoms with Crippen molar-refractivity contribution in [1.82, 2.24) is 16.2 Å². The van der Waals surface area contributed by atoms with Gasteiger partial charge in [-0.15, -0.1) is 0 Å². The van der Waals surface area contributed by atoms with E-state index in [1.165, 1.54) is 19.2 Å². The molecule has 1 aromatic rings. The molecule has 0 fully saturated rings. The van der Waals surface area contributed by atoms with Gasteiger partial charge < -0.3 is 10.1 Å². The average Bonchev–Trinajstić information content (AvgIpc) is 2.38. The highest BCUT2D eigenvalue weighted by molar-refractivity contribution is 6.32. The molecule has 0 bridgehead atoms. The minimum atomic E-state index is -0.532. The lowest BCUT2D eigenvalue weighted by Crippen LogP contribution is -2.46. The van der Waals surface area contributed by atoms with Crippen LogP contribution in [0.25, 0.3) is 0 Å². The Morgan fingerprint density at radius 1 is 1.37 bits per heavy atom. The van der Waals surface area contributed by atoms with E-state index in [1.807, 2.05) is 0 Å². The van der Waals surface area contributed by atoms with Gasteiger partial charge in [0.05, 0.1) is 18.1 Å². The summed E-state index contributed by atoms with van der Waals surface area (Å²) in [6.45, 7) is 0.0482. The fourth-order valence-electron chi connectivity index (χ4n) is 1.10. The molecule has 0 aliphatic heterocycles. The second-order valence-electron chi connectivity index (χ2n) is 3.43. The third-order valence-electron chi connectivity index (χ3n) is 2.02. The minimum Gasteiger partial charge on any atom is -0.491 e. The number of urea groups is 1. The Hall–Kier alpha value is -2.02. The van der Waals surface area contributed by atoms with Gasteiger partial charge in [0.15, 0.2) is 0 Å². The molecule has 0 heterocycles. The van der Waals surface area contributed by atoms with E-state index in [0.717, 1.165) is 6.07 Å². The van der Waals surface area contributed by atoms with Gasteiger partial charge in [0.2, 0.25) is 5.91 Å². The summed E-state index contributed by atoms with van der Waals surface area (Å²) >= 11 is 5.74. The van der Waals surface area contributed by atoms with Gasteiger partial charge in [-0.05, 0) is 18.2 Å². The maximum absolute atomic E-state index is 12.8. The Labute approximate surface area is 114 Å². The molecule has 1 aromatic carbocycles. The van der Waals surface area contributed by atoms with E-state index in [4.69, 9.17) is 16.3 Å². The first-order valence-corrected chi connectivity index (χ1v) is 5.75. The molecule has 1 rings (SSSR count). The molecule has 0 spiro atoms. The van der Waals surface area contributed by atoms with Gasteiger partial charge in [-0.2, -0.15) is 0 Å². The lowest BCUT2D eigenvalue weighted by atomic mass is 10.3. The van der Waals surface area contributed by atoms with Gasteiger partial charge in [-0.1, -0.05) is 11.6 Å². The third kappa shape index (κ3) is 5.43. The lowest BCUT2D eigenvalue weighted by Gasteiger charge is -2.09. The van der Waals surface area contributed by atoms with Crippen molar-refractivity contribution in [2.24, 2.45) is 0 Å². The molecule has 6 nitrogen and oxygen atoms in total. The topological polar surface area (TPSA) is 79.5 Å². The Morgan fingerprint density at radius 3 is 2.74 bits per heavy atom. The van der Waals surface area contributed by atoms with Crippen LogP contribution in [-0.4, -0.2) is 25.6 Å². The van der Waals surface area contributed by atoms with Crippen molar-refractivity contribution in [2.75, 3.05) is 13.7 Å². The van der Waals surface area contributed by atoms with E-state index in [9.17, 15) is 14.0 Å². The summed E-state index contributed by atoms with van der Waals surface area (Å²) in [6, 6.07) is 3.16. The van der Waals surface area contributed by atoms with E-state index in [1.54, 1.807) is 0 Å². The molecule has 0 unspecified atom stereocenters. The molecule has 8 heteroatoms. The average molecular weight is 290 g/mol. The van der Waals surface area contributed by atoms with Gasteiger partial charge in [-0.25, -0.2) is 14.6 Å². The molecule has 0 radical (unpaired) electrons. The number of nitrogens with one attached hydrogen (secondary N) is 3. The minimum absolute atomic E-state index is 0.0116. The molecule has 3 N–H and O–H groups in total. The number of hydrogen-bond acceptors (Lipinski definition) is 3. The number of hydrazine groups is 1. The molecule has 0 aliphatic carbocycles. The molecular weight excluding hydrogens is 277 g/mol. The van der Waals surface area contributed by atoms with Crippen molar-refractivity contribution in [3.63, 3.8) is 0 Å². The summed E-state index contributed by atoms with van der Waals surface area (Å²) < 4.78 is 18.0. The second kappa shape index (κ2) is 7.42. The number of rotatable bonds is 4. The van der Waals surface area contributed by atoms with E-state index in [-0.39, 0.29) is 23.8 Å². The summed E-state index contributed by atoms with van der Waals surface area (Å²) in [5.74, 6) is -0.609. The largest absolute Gasteiger partial charge is 0.491 e. The number of carbonyl (C=O) groups is 2. The van der Waals surface area contributed by atoms with Crippen LogP contribution in [0, 0.1) is 5.82 Å². The predicted molar refractivity (Wildman–Crippen MR) is 67.3 cm³/mol. The molecule has 0 aliphatic rings. The summed E-state index contributed by atoms with van der Waals surface area (Å²) in [7, 11) is 1.42. The van der Waals surface area contributed by atoms with Crippen molar-refractivity contribution in [3.05, 3.63) is 29.0 Å². The number of halogens is 2. The first-order chi connectivity index (χ1) is 9.02. The third-order valence-corrected chi connectivity index (χ3v) is 2.32. The Balaban J connectivity index is 2.30. The van der Waals surface area contributed by atoms with E-state index in [2.05, 4.69) is 16.2 Å². The molecular formula is C11H13ClFN3O3. The Kier molecular flexibility index (Phi) is 5.87. The zero-order chi connectivity index (χ0) is 14.3. The number of ether oxygens (including phenoxy) is 1. The predicted octanol–water partition coefficient (Wildman–Crippen LogP) is 1.21. The maximum atomic E-state index is 12.8. The van der Waals surface area contributed by atoms with E-state index < -0.39 is 17.8 Å². The molecule has 104 valence electrons. The fraction of sp³-hybridized carbons (Fsp3) is 0.273. The van der Waals surface area contributed by atoms with Crippen LogP contribution in [0.5, 0.6) is 5.75 Å². The quantitative estimate of drug-likeness (QED) is 0.729. The fourth-order valence-corrected chi connectivity index (χ4v) is 1.32. The smallest absolute Gasteiger partial charge is 0.333 e. The normalized spacial score (nSPS) is 9.63. The highest BCUT2D eigenvalue weighted by Crippen LogP contribution is 2.24. The highest BCUT2D eigenvalue weighted by Gasteiger charge is 2.06. The molecule has 3 amide bonds. The standard InChI is InChI=1S/C11H13ClFN3O3/c1-14-11(18)16-15-10(17)4-5-19-9-3-2-7(13)6-8(9)12/h2-3,6H,4-5H2,1H3,(H,15,17)(H2,14,16,18). The molecule has 0 atom stereocenters. The van der Waals surface area contributed by atoms with Crippen LogP contribution in [0.15, 0.2) is 18.2 Å². The van der Waals surface area contributed by atoms with Crippen LogP contribution in [-0.2, 0) is 4.79 Å². The first-order valence-electron chi connectivity index (χ1n) is 5.37. The Morgan fingerprint density at radius 2 is 2.11 bits per heavy atom. The zero-order valence-electron chi connectivity index (χ0n) is 10.1. The number of benzene rings is 1. The first kappa shape index (κ1) is 15.0. The molecule has 19 heavy (non-hydrogen) atoms. The van der Waals surface area contributed by atoms with Crippen molar-refractivity contribution in [3.8, 4) is 5.75 Å². The van der Waals surface area contributed by atoms with Gasteiger partial charge in [-0.3, -0.25) is 10.2 Å². The van der Waals surface area contributed by atoms with Crippen molar-refractivity contribution in [2.45, 2.75) is 6.42 Å². The second-order valence-corrected chi connectivity index (χ2v) is 3.83. The van der Waals surface area contributed by atoms with Crippen molar-refractivity contribution in [1.29, 1.82) is 0 Å². The maximum Gasteiger partial charge on any atom is 0.333 e. The van der Waals surface area contributed by atoms with Crippen LogP contribution in [0.2, 0.25) is 5.02 Å². The lowest BCUT2D eigenvalue weighted by molar-refractivity contribution is -0.122. The zero-order valence-corrected chi connectivity index (χ0v) is 10.9. The van der Waals surface area contributed by atoms with Gasteiger partial charge in [0.1, 0.15) is 11.6 Å². The van der Waals surface area contributed by atoms with Crippen molar-refractivity contribution >= 4 is 23.5 Å².